The summed E-state index contributed by atoms with van der Waals surface area (Å²) in [5, 5.41) is 2.78. The summed E-state index contributed by atoms with van der Waals surface area (Å²) < 4.78 is 34.6. The Morgan fingerprint density at radius 2 is 1.71 bits per heavy atom. The van der Waals surface area contributed by atoms with E-state index in [1.54, 1.807) is 25.6 Å². The van der Waals surface area contributed by atoms with Crippen LogP contribution in [-0.4, -0.2) is 31.1 Å². The van der Waals surface area contributed by atoms with Crippen molar-refractivity contribution >= 4 is 27.7 Å². The lowest BCUT2D eigenvalue weighted by atomic mass is 10.1. The van der Waals surface area contributed by atoms with E-state index in [1.807, 2.05) is 59.2 Å². The lowest BCUT2D eigenvalue weighted by Crippen LogP contribution is -2.42. The van der Waals surface area contributed by atoms with Gasteiger partial charge < -0.3 is 14.6 Å². The molecule has 8 nitrogen and oxygen atoms in total. The molecule has 4 aromatic rings. The molecule has 1 aromatic heterocycles. The van der Waals surface area contributed by atoms with Crippen molar-refractivity contribution in [1.29, 1.82) is 0 Å². The molecule has 0 bridgehead atoms. The van der Waals surface area contributed by atoms with Gasteiger partial charge in [0.2, 0.25) is 0 Å². The van der Waals surface area contributed by atoms with Crippen molar-refractivity contribution in [3.8, 4) is 11.4 Å². The van der Waals surface area contributed by atoms with E-state index < -0.39 is 22.1 Å². The van der Waals surface area contributed by atoms with E-state index in [2.05, 4.69) is 15.0 Å². The number of ether oxygens (including phenoxy) is 1. The molecule has 0 fully saturated rings. The number of imidazole rings is 1. The second-order valence-corrected chi connectivity index (χ2v) is 9.66. The molecule has 2 amide bonds. The fourth-order valence-corrected chi connectivity index (χ4v) is 5.05. The number of carbonyl (C=O) groups is 1. The quantitative estimate of drug-likeness (QED) is 0.363. The van der Waals surface area contributed by atoms with Crippen LogP contribution in [0.2, 0.25) is 5.02 Å². The minimum absolute atomic E-state index is 0.0173. The molecule has 0 spiro atoms. The number of amides is 2. The number of hydrogen-bond acceptors (Lipinski definition) is 5. The molecule has 0 aliphatic heterocycles. The zero-order valence-electron chi connectivity index (χ0n) is 18.8. The highest BCUT2D eigenvalue weighted by molar-refractivity contribution is 7.90. The maximum atomic E-state index is 12.9. The van der Waals surface area contributed by atoms with Crippen molar-refractivity contribution in [1.82, 2.24) is 19.6 Å². The number of aromatic nitrogens is 2. The van der Waals surface area contributed by atoms with Crippen LogP contribution in [0, 0.1) is 0 Å². The Balaban J connectivity index is 1.63. The molecule has 0 saturated heterocycles. The van der Waals surface area contributed by atoms with Gasteiger partial charge in [-0.15, -0.1) is 0 Å². The maximum Gasteiger partial charge on any atom is 0.329 e. The number of hydrogen-bond donors (Lipinski definition) is 2. The van der Waals surface area contributed by atoms with E-state index in [-0.39, 0.29) is 9.92 Å². The number of carbonyl (C=O) groups excluding carboxylic acids is 1. The fourth-order valence-electron chi connectivity index (χ4n) is 3.62. The van der Waals surface area contributed by atoms with Gasteiger partial charge in [0.1, 0.15) is 16.5 Å². The van der Waals surface area contributed by atoms with Gasteiger partial charge in [0.05, 0.1) is 18.2 Å². The van der Waals surface area contributed by atoms with Gasteiger partial charge in [0, 0.05) is 18.1 Å². The predicted octanol–water partition coefficient (Wildman–Crippen LogP) is 4.51. The fraction of sp³-hybridized carbons (Fsp3) is 0.120. The van der Waals surface area contributed by atoms with E-state index in [1.165, 1.54) is 18.2 Å². The topological polar surface area (TPSA) is 102 Å². The van der Waals surface area contributed by atoms with Gasteiger partial charge in [0.15, 0.2) is 0 Å². The summed E-state index contributed by atoms with van der Waals surface area (Å²) in [6, 6.07) is 21.3. The van der Waals surface area contributed by atoms with E-state index in [9.17, 15) is 13.2 Å². The number of nitrogens with zero attached hydrogens (tertiary/aromatic N) is 2. The molecular formula is C25H23ClN4O4S. The summed E-state index contributed by atoms with van der Waals surface area (Å²) in [5.74, 6) is 1.24. The molecule has 0 unspecified atom stereocenters. The Morgan fingerprint density at radius 3 is 2.40 bits per heavy atom. The number of benzene rings is 3. The normalized spacial score (nSPS) is 12.1. The number of urea groups is 1. The van der Waals surface area contributed by atoms with Crippen LogP contribution in [0.15, 0.2) is 96.2 Å². The molecule has 180 valence electrons. The highest BCUT2D eigenvalue weighted by Crippen LogP contribution is 2.23. The van der Waals surface area contributed by atoms with E-state index >= 15 is 0 Å². The third-order valence-electron chi connectivity index (χ3n) is 5.27. The van der Waals surface area contributed by atoms with Crippen LogP contribution in [0.5, 0.6) is 5.75 Å². The Bertz CT molecular complexity index is 1410. The van der Waals surface area contributed by atoms with Crippen LogP contribution in [0.1, 0.15) is 17.4 Å². The Hall–Kier alpha value is -3.82. The molecule has 1 heterocycles. The summed E-state index contributed by atoms with van der Waals surface area (Å²) >= 11 is 6.02. The average Bonchev–Trinajstić information content (AvgIpc) is 3.34. The van der Waals surface area contributed by atoms with Crippen LogP contribution in [-0.2, 0) is 16.4 Å². The van der Waals surface area contributed by atoms with E-state index in [0.29, 0.717) is 18.0 Å². The first-order valence-electron chi connectivity index (χ1n) is 10.7. The highest BCUT2D eigenvalue weighted by Gasteiger charge is 2.25. The number of sulfonamides is 1. The maximum absolute atomic E-state index is 12.9. The molecule has 0 saturated carbocycles. The molecule has 3 aromatic carbocycles. The first-order valence-corrected chi connectivity index (χ1v) is 12.5. The van der Waals surface area contributed by atoms with Crippen LogP contribution in [0.4, 0.5) is 4.79 Å². The smallest absolute Gasteiger partial charge is 0.329 e. The van der Waals surface area contributed by atoms with Crippen molar-refractivity contribution in [2.24, 2.45) is 0 Å². The number of halogens is 1. The summed E-state index contributed by atoms with van der Waals surface area (Å²) in [5.41, 5.74) is 1.75. The highest BCUT2D eigenvalue weighted by atomic mass is 35.5. The standard InChI is InChI=1S/C25H23ClN4O4S/c1-34-20-13-11-19(12-14-20)30-16-15-27-24(30)22(17-18-7-3-2-4-8-18)28-25(31)29-35(32,33)23-10-6-5-9-21(23)26/h2-16,22H,17H2,1H3,(H2,28,29,31)/t22-/m0/s1. The Kier molecular flexibility index (Phi) is 7.38. The van der Waals surface area contributed by atoms with Crippen LogP contribution in [0.3, 0.4) is 0 Å². The summed E-state index contributed by atoms with van der Waals surface area (Å²) in [6.07, 6.45) is 3.78. The second-order valence-electron chi connectivity index (χ2n) is 7.61. The average molecular weight is 511 g/mol. The van der Waals surface area contributed by atoms with Gasteiger partial charge in [-0.25, -0.2) is 22.9 Å². The van der Waals surface area contributed by atoms with E-state index in [0.717, 1.165) is 11.3 Å². The zero-order chi connectivity index (χ0) is 24.8. The van der Waals surface area contributed by atoms with Gasteiger partial charge in [0.25, 0.3) is 10.0 Å². The minimum Gasteiger partial charge on any atom is -0.497 e. The molecule has 4 rings (SSSR count). The third kappa shape index (κ3) is 5.82. The Morgan fingerprint density at radius 1 is 1.03 bits per heavy atom. The van der Waals surface area contributed by atoms with Gasteiger partial charge in [-0.3, -0.25) is 0 Å². The number of nitrogens with one attached hydrogen (secondary N) is 2. The van der Waals surface area contributed by atoms with Crippen LogP contribution >= 0.6 is 11.6 Å². The van der Waals surface area contributed by atoms with Gasteiger partial charge in [-0.2, -0.15) is 0 Å². The zero-order valence-corrected chi connectivity index (χ0v) is 20.3. The SMILES string of the molecule is COc1ccc(-n2ccnc2[C@H](Cc2ccccc2)NC(=O)NS(=O)(=O)c2ccccc2Cl)cc1. The largest absolute Gasteiger partial charge is 0.497 e. The molecular weight excluding hydrogens is 488 g/mol. The van der Waals surface area contributed by atoms with Gasteiger partial charge in [-0.05, 0) is 48.4 Å². The van der Waals surface area contributed by atoms with Gasteiger partial charge in [-0.1, -0.05) is 54.1 Å². The van der Waals surface area contributed by atoms with Crippen molar-refractivity contribution < 1.29 is 17.9 Å². The lowest BCUT2D eigenvalue weighted by molar-refractivity contribution is 0.241. The van der Waals surface area contributed by atoms with Gasteiger partial charge >= 0.3 is 6.03 Å². The molecule has 1 atom stereocenters. The molecule has 0 radical (unpaired) electrons. The second kappa shape index (κ2) is 10.6. The number of rotatable bonds is 8. The predicted molar refractivity (Wildman–Crippen MR) is 133 cm³/mol. The van der Waals surface area contributed by atoms with Crippen molar-refractivity contribution in [2.75, 3.05) is 7.11 Å². The Labute approximate surface area is 208 Å². The molecule has 0 aliphatic carbocycles. The van der Waals surface area contributed by atoms with E-state index in [4.69, 9.17) is 16.3 Å². The first kappa shape index (κ1) is 24.3. The minimum atomic E-state index is -4.18. The van der Waals surface area contributed by atoms with Crippen LogP contribution < -0.4 is 14.8 Å². The van der Waals surface area contributed by atoms with Crippen LogP contribution in [0.25, 0.3) is 5.69 Å². The summed E-state index contributed by atoms with van der Waals surface area (Å²) in [7, 11) is -2.59. The van der Waals surface area contributed by atoms with Crippen molar-refractivity contribution in [3.63, 3.8) is 0 Å². The lowest BCUT2D eigenvalue weighted by Gasteiger charge is -2.21. The van der Waals surface area contributed by atoms with Crippen molar-refractivity contribution in [2.45, 2.75) is 17.4 Å². The molecule has 10 heteroatoms. The number of methoxy groups -OCH3 is 1. The first-order chi connectivity index (χ1) is 16.9. The van der Waals surface area contributed by atoms with Crippen molar-refractivity contribution in [3.05, 3.63) is 108 Å². The molecule has 35 heavy (non-hydrogen) atoms. The molecule has 2 N–H and O–H groups in total. The summed E-state index contributed by atoms with van der Waals surface area (Å²) in [6.45, 7) is 0. The monoisotopic (exact) mass is 510 g/mol. The third-order valence-corrected chi connectivity index (χ3v) is 7.10. The molecule has 0 aliphatic rings. The summed E-state index contributed by atoms with van der Waals surface area (Å²) in [4.78, 5) is 17.2.